The summed E-state index contributed by atoms with van der Waals surface area (Å²) in [6.07, 6.45) is 0.535. The van der Waals surface area contributed by atoms with Crippen LogP contribution in [0.15, 0.2) is 36.4 Å². The van der Waals surface area contributed by atoms with Crippen molar-refractivity contribution in [3.63, 3.8) is 0 Å². The number of hydrogen-bond acceptors (Lipinski definition) is 4. The molecule has 0 aromatic heterocycles. The van der Waals surface area contributed by atoms with Gasteiger partial charge in [0.05, 0.1) is 10.8 Å². The van der Waals surface area contributed by atoms with Crippen LogP contribution in [0, 0.1) is 23.0 Å². The molecule has 0 spiro atoms. The van der Waals surface area contributed by atoms with Gasteiger partial charge in [-0.05, 0) is 48.7 Å². The van der Waals surface area contributed by atoms with Crippen LogP contribution in [-0.2, 0) is 11.2 Å². The first-order valence-electron chi connectivity index (χ1n) is 7.41. The summed E-state index contributed by atoms with van der Waals surface area (Å²) >= 11 is 5.98. The van der Waals surface area contributed by atoms with Crippen LogP contribution in [0.2, 0.25) is 5.02 Å². The van der Waals surface area contributed by atoms with E-state index in [1.54, 1.807) is 31.2 Å². The molecule has 3 rings (SSSR count). The molecule has 0 saturated carbocycles. The van der Waals surface area contributed by atoms with Gasteiger partial charge in [0.25, 0.3) is 5.69 Å². The fourth-order valence-electron chi connectivity index (χ4n) is 2.67. The Kier molecular flexibility index (Phi) is 4.40. The van der Waals surface area contributed by atoms with Gasteiger partial charge in [0.2, 0.25) is 5.91 Å². The molecule has 0 aliphatic carbocycles. The fraction of sp³-hybridized carbons (Fsp3) is 0.235. The molecule has 1 amide bonds. The lowest BCUT2D eigenvalue weighted by atomic mass is 9.96. The molecule has 1 atom stereocenters. The quantitative estimate of drug-likeness (QED) is 0.678. The smallest absolute Gasteiger partial charge is 0.269 e. The minimum Gasteiger partial charge on any atom is -0.492 e. The number of rotatable bonds is 3. The first-order chi connectivity index (χ1) is 11.4. The van der Waals surface area contributed by atoms with Crippen molar-refractivity contribution in [2.75, 3.05) is 11.9 Å². The summed E-state index contributed by atoms with van der Waals surface area (Å²) in [5.41, 5.74) is 2.09. The second kappa shape index (κ2) is 6.49. The van der Waals surface area contributed by atoms with E-state index in [9.17, 15) is 14.9 Å². The number of carbonyl (C=O) groups excluding carboxylic acids is 1. The number of carbonyl (C=O) groups is 1. The highest BCUT2D eigenvalue weighted by Crippen LogP contribution is 2.30. The number of ether oxygens (including phenoxy) is 1. The molecule has 0 bridgehead atoms. The molecule has 7 heteroatoms. The number of nitro groups is 1. The predicted molar refractivity (Wildman–Crippen MR) is 90.6 cm³/mol. The average Bonchev–Trinajstić information content (AvgIpc) is 2.55. The molecule has 1 aliphatic heterocycles. The Labute approximate surface area is 143 Å². The Balaban J connectivity index is 1.73. The van der Waals surface area contributed by atoms with E-state index in [1.165, 1.54) is 12.1 Å². The Morgan fingerprint density at radius 2 is 2.12 bits per heavy atom. The van der Waals surface area contributed by atoms with Gasteiger partial charge in [0.1, 0.15) is 12.4 Å². The summed E-state index contributed by atoms with van der Waals surface area (Å²) in [5.74, 6) is 0.220. The standard InChI is InChI=1S/C17H15ClN2O4/c1-10-6-14(20(22)23)3-4-15(10)19-17(21)12-7-11-8-13(18)2-5-16(11)24-9-12/h2-6,8,12H,7,9H2,1H3,(H,19,21). The summed E-state index contributed by atoms with van der Waals surface area (Å²) in [6.45, 7) is 2.00. The van der Waals surface area contributed by atoms with Gasteiger partial charge < -0.3 is 10.1 Å². The van der Waals surface area contributed by atoms with Crippen LogP contribution in [0.3, 0.4) is 0 Å². The van der Waals surface area contributed by atoms with Crippen LogP contribution in [0.4, 0.5) is 11.4 Å². The monoisotopic (exact) mass is 346 g/mol. The van der Waals surface area contributed by atoms with Crippen molar-refractivity contribution < 1.29 is 14.5 Å². The molecular formula is C17H15ClN2O4. The summed E-state index contributed by atoms with van der Waals surface area (Å²) in [4.78, 5) is 22.8. The lowest BCUT2D eigenvalue weighted by Crippen LogP contribution is -2.32. The van der Waals surface area contributed by atoms with Gasteiger partial charge in [0, 0.05) is 22.8 Å². The number of nitrogens with zero attached hydrogens (tertiary/aromatic N) is 1. The van der Waals surface area contributed by atoms with Crippen molar-refractivity contribution in [1.29, 1.82) is 0 Å². The minimum atomic E-state index is -0.464. The van der Waals surface area contributed by atoms with Crippen LogP contribution < -0.4 is 10.1 Å². The van der Waals surface area contributed by atoms with E-state index < -0.39 is 4.92 Å². The van der Waals surface area contributed by atoms with E-state index in [4.69, 9.17) is 16.3 Å². The second-order valence-electron chi connectivity index (χ2n) is 5.71. The number of nitro benzene ring substituents is 1. The summed E-state index contributed by atoms with van der Waals surface area (Å²) in [6, 6.07) is 9.69. The van der Waals surface area contributed by atoms with Crippen molar-refractivity contribution in [2.24, 2.45) is 5.92 Å². The van der Waals surface area contributed by atoms with Crippen LogP contribution >= 0.6 is 11.6 Å². The van der Waals surface area contributed by atoms with E-state index in [2.05, 4.69) is 5.32 Å². The van der Waals surface area contributed by atoms with Crippen LogP contribution in [-0.4, -0.2) is 17.4 Å². The molecule has 124 valence electrons. The highest BCUT2D eigenvalue weighted by Gasteiger charge is 2.26. The van der Waals surface area contributed by atoms with Crippen molar-refractivity contribution in [1.82, 2.24) is 0 Å². The van der Waals surface area contributed by atoms with Crippen LogP contribution in [0.1, 0.15) is 11.1 Å². The van der Waals surface area contributed by atoms with Gasteiger partial charge >= 0.3 is 0 Å². The van der Waals surface area contributed by atoms with Gasteiger partial charge in [-0.15, -0.1) is 0 Å². The van der Waals surface area contributed by atoms with Crippen molar-refractivity contribution >= 4 is 28.9 Å². The van der Waals surface area contributed by atoms with Crippen LogP contribution in [0.25, 0.3) is 0 Å². The molecule has 0 fully saturated rings. The molecule has 1 N–H and O–H groups in total. The normalized spacial score (nSPS) is 16.0. The number of nitrogens with one attached hydrogen (secondary N) is 1. The Bertz CT molecular complexity index is 822. The molecule has 2 aromatic rings. The lowest BCUT2D eigenvalue weighted by Gasteiger charge is -2.25. The largest absolute Gasteiger partial charge is 0.492 e. The zero-order valence-corrected chi connectivity index (χ0v) is 13.7. The number of anilines is 1. The molecular weight excluding hydrogens is 332 g/mol. The zero-order valence-electron chi connectivity index (χ0n) is 12.9. The second-order valence-corrected chi connectivity index (χ2v) is 6.15. The maximum Gasteiger partial charge on any atom is 0.269 e. The highest BCUT2D eigenvalue weighted by atomic mass is 35.5. The molecule has 0 radical (unpaired) electrons. The van der Waals surface area contributed by atoms with Crippen LogP contribution in [0.5, 0.6) is 5.75 Å². The third kappa shape index (κ3) is 3.33. The van der Waals surface area contributed by atoms with Crippen molar-refractivity contribution in [3.8, 4) is 5.75 Å². The molecule has 1 unspecified atom stereocenters. The lowest BCUT2D eigenvalue weighted by molar-refractivity contribution is -0.384. The van der Waals surface area contributed by atoms with E-state index in [0.29, 0.717) is 22.7 Å². The van der Waals surface area contributed by atoms with Gasteiger partial charge in [-0.1, -0.05) is 11.6 Å². The number of amides is 1. The van der Waals surface area contributed by atoms with E-state index in [0.717, 1.165) is 11.3 Å². The van der Waals surface area contributed by atoms with E-state index in [1.807, 2.05) is 0 Å². The summed E-state index contributed by atoms with van der Waals surface area (Å²) in [7, 11) is 0. The SMILES string of the molecule is Cc1cc([N+](=O)[O-])ccc1NC(=O)C1COc2ccc(Cl)cc2C1. The molecule has 24 heavy (non-hydrogen) atoms. The summed E-state index contributed by atoms with van der Waals surface area (Å²) < 4.78 is 5.62. The first kappa shape index (κ1) is 16.3. The fourth-order valence-corrected chi connectivity index (χ4v) is 2.86. The topological polar surface area (TPSA) is 81.5 Å². The maximum absolute atomic E-state index is 12.5. The number of benzene rings is 2. The molecule has 1 heterocycles. The number of aryl methyl sites for hydroxylation is 1. The Morgan fingerprint density at radius 3 is 2.83 bits per heavy atom. The van der Waals surface area contributed by atoms with Gasteiger partial charge in [-0.3, -0.25) is 14.9 Å². The van der Waals surface area contributed by atoms with Gasteiger partial charge in [-0.2, -0.15) is 0 Å². The maximum atomic E-state index is 12.5. The predicted octanol–water partition coefficient (Wildman–Crippen LogP) is 3.75. The zero-order chi connectivity index (χ0) is 17.3. The number of fused-ring (bicyclic) bond motifs is 1. The average molecular weight is 347 g/mol. The summed E-state index contributed by atoms with van der Waals surface area (Å²) in [5, 5.41) is 14.2. The van der Waals surface area contributed by atoms with Crippen molar-refractivity contribution in [2.45, 2.75) is 13.3 Å². The van der Waals surface area contributed by atoms with Gasteiger partial charge in [-0.25, -0.2) is 0 Å². The third-order valence-electron chi connectivity index (χ3n) is 3.98. The molecule has 6 nitrogen and oxygen atoms in total. The first-order valence-corrected chi connectivity index (χ1v) is 7.79. The van der Waals surface area contributed by atoms with E-state index >= 15 is 0 Å². The van der Waals surface area contributed by atoms with Gasteiger partial charge in [0.15, 0.2) is 0 Å². The Hall–Kier alpha value is -2.60. The number of non-ortho nitro benzene ring substituents is 1. The minimum absolute atomic E-state index is 0.00457. The molecule has 1 aliphatic rings. The van der Waals surface area contributed by atoms with E-state index in [-0.39, 0.29) is 24.1 Å². The highest BCUT2D eigenvalue weighted by molar-refractivity contribution is 6.30. The number of hydrogen-bond donors (Lipinski definition) is 1. The molecule has 0 saturated heterocycles. The number of halogens is 1. The van der Waals surface area contributed by atoms with Crippen molar-refractivity contribution in [3.05, 3.63) is 62.7 Å². The third-order valence-corrected chi connectivity index (χ3v) is 4.21. The Morgan fingerprint density at radius 1 is 1.33 bits per heavy atom. The molecule has 2 aromatic carbocycles.